The Hall–Kier alpha value is -0.120. The smallest absolute Gasteiger partial charge is 0.0604 e. The molecule has 0 radical (unpaired) electrons. The SMILES string of the molecule is CCOC1CC(NCC(C)NC)C1. The summed E-state index contributed by atoms with van der Waals surface area (Å²) in [6.07, 6.45) is 2.89. The first-order valence-electron chi connectivity index (χ1n) is 5.28. The van der Waals surface area contributed by atoms with E-state index in [1.165, 1.54) is 12.8 Å². The molecule has 0 saturated heterocycles. The zero-order chi connectivity index (χ0) is 9.68. The van der Waals surface area contributed by atoms with Gasteiger partial charge in [-0.05, 0) is 33.7 Å². The Balaban J connectivity index is 1.95. The second-order valence-electron chi connectivity index (χ2n) is 3.84. The van der Waals surface area contributed by atoms with Crippen LogP contribution in [0.3, 0.4) is 0 Å². The Morgan fingerprint density at radius 3 is 2.69 bits per heavy atom. The maximum absolute atomic E-state index is 5.49. The van der Waals surface area contributed by atoms with Crippen molar-refractivity contribution in [3.63, 3.8) is 0 Å². The molecule has 78 valence electrons. The Bertz CT molecular complexity index is 135. The summed E-state index contributed by atoms with van der Waals surface area (Å²) < 4.78 is 5.49. The second kappa shape index (κ2) is 5.58. The quantitative estimate of drug-likeness (QED) is 0.642. The highest BCUT2D eigenvalue weighted by molar-refractivity contribution is 4.86. The van der Waals surface area contributed by atoms with Crippen molar-refractivity contribution in [1.29, 1.82) is 0 Å². The molecule has 1 aliphatic rings. The molecule has 1 unspecified atom stereocenters. The monoisotopic (exact) mass is 186 g/mol. The fraction of sp³-hybridized carbons (Fsp3) is 1.00. The van der Waals surface area contributed by atoms with Crippen molar-refractivity contribution in [3.05, 3.63) is 0 Å². The van der Waals surface area contributed by atoms with Crippen LogP contribution in [0.15, 0.2) is 0 Å². The van der Waals surface area contributed by atoms with Crippen molar-refractivity contribution < 1.29 is 4.74 Å². The highest BCUT2D eigenvalue weighted by atomic mass is 16.5. The van der Waals surface area contributed by atoms with Crippen molar-refractivity contribution in [1.82, 2.24) is 10.6 Å². The zero-order valence-electron chi connectivity index (χ0n) is 8.97. The van der Waals surface area contributed by atoms with Gasteiger partial charge in [0.2, 0.25) is 0 Å². The van der Waals surface area contributed by atoms with E-state index in [1.807, 2.05) is 7.05 Å². The molecule has 1 aliphatic carbocycles. The van der Waals surface area contributed by atoms with Gasteiger partial charge < -0.3 is 15.4 Å². The fourth-order valence-electron chi connectivity index (χ4n) is 1.55. The first-order chi connectivity index (χ1) is 6.26. The van der Waals surface area contributed by atoms with Crippen LogP contribution in [0.25, 0.3) is 0 Å². The average molecular weight is 186 g/mol. The van der Waals surface area contributed by atoms with Crippen molar-refractivity contribution >= 4 is 0 Å². The van der Waals surface area contributed by atoms with Gasteiger partial charge in [-0.15, -0.1) is 0 Å². The third-order valence-corrected chi connectivity index (χ3v) is 2.70. The lowest BCUT2D eigenvalue weighted by atomic mass is 9.89. The van der Waals surface area contributed by atoms with Crippen LogP contribution in [-0.2, 0) is 4.74 Å². The molecule has 0 heterocycles. The van der Waals surface area contributed by atoms with E-state index in [0.29, 0.717) is 18.2 Å². The summed E-state index contributed by atoms with van der Waals surface area (Å²) in [5, 5.41) is 6.73. The Morgan fingerprint density at radius 1 is 1.46 bits per heavy atom. The molecule has 0 bridgehead atoms. The van der Waals surface area contributed by atoms with Crippen LogP contribution in [0.1, 0.15) is 26.7 Å². The van der Waals surface area contributed by atoms with Gasteiger partial charge in [0.25, 0.3) is 0 Å². The number of nitrogens with one attached hydrogen (secondary N) is 2. The predicted octanol–water partition coefficient (Wildman–Crippen LogP) is 0.751. The van der Waals surface area contributed by atoms with Crippen LogP contribution < -0.4 is 10.6 Å². The highest BCUT2D eigenvalue weighted by Crippen LogP contribution is 2.22. The molecule has 0 aromatic carbocycles. The number of hydrogen-bond acceptors (Lipinski definition) is 3. The number of rotatable bonds is 6. The molecule has 0 aromatic heterocycles. The lowest BCUT2D eigenvalue weighted by Crippen LogP contribution is -2.48. The standard InChI is InChI=1S/C10H22N2O/c1-4-13-10-5-9(6-10)12-7-8(2)11-3/h8-12H,4-7H2,1-3H3. The molecule has 2 N–H and O–H groups in total. The molecule has 1 atom stereocenters. The van der Waals surface area contributed by atoms with E-state index < -0.39 is 0 Å². The van der Waals surface area contributed by atoms with E-state index in [1.54, 1.807) is 0 Å². The lowest BCUT2D eigenvalue weighted by molar-refractivity contribution is -0.0100. The topological polar surface area (TPSA) is 33.3 Å². The van der Waals surface area contributed by atoms with Gasteiger partial charge in [-0.25, -0.2) is 0 Å². The molecular weight excluding hydrogens is 164 g/mol. The summed E-state index contributed by atoms with van der Waals surface area (Å²) in [4.78, 5) is 0. The van der Waals surface area contributed by atoms with Crippen molar-refractivity contribution in [2.75, 3.05) is 20.2 Å². The van der Waals surface area contributed by atoms with Gasteiger partial charge in [0.15, 0.2) is 0 Å². The van der Waals surface area contributed by atoms with E-state index in [-0.39, 0.29) is 0 Å². The first kappa shape index (κ1) is 11.0. The summed E-state index contributed by atoms with van der Waals surface area (Å²) >= 11 is 0. The molecule has 1 rings (SSSR count). The van der Waals surface area contributed by atoms with Crippen LogP contribution in [0, 0.1) is 0 Å². The normalized spacial score (nSPS) is 29.8. The molecule has 0 aromatic rings. The predicted molar refractivity (Wildman–Crippen MR) is 55.0 cm³/mol. The highest BCUT2D eigenvalue weighted by Gasteiger charge is 2.28. The van der Waals surface area contributed by atoms with Gasteiger partial charge in [0.1, 0.15) is 0 Å². The lowest BCUT2D eigenvalue weighted by Gasteiger charge is -2.36. The van der Waals surface area contributed by atoms with E-state index in [2.05, 4.69) is 24.5 Å². The minimum Gasteiger partial charge on any atom is -0.378 e. The van der Waals surface area contributed by atoms with Gasteiger partial charge in [-0.3, -0.25) is 0 Å². The van der Waals surface area contributed by atoms with Gasteiger partial charge in [0, 0.05) is 25.2 Å². The first-order valence-corrected chi connectivity index (χ1v) is 5.28. The van der Waals surface area contributed by atoms with Crippen molar-refractivity contribution in [3.8, 4) is 0 Å². The summed E-state index contributed by atoms with van der Waals surface area (Å²) in [5.74, 6) is 0. The van der Waals surface area contributed by atoms with Gasteiger partial charge in [-0.1, -0.05) is 0 Å². The van der Waals surface area contributed by atoms with Crippen LogP contribution in [0.2, 0.25) is 0 Å². The second-order valence-corrected chi connectivity index (χ2v) is 3.84. The minimum absolute atomic E-state index is 0.521. The molecule has 1 saturated carbocycles. The van der Waals surface area contributed by atoms with E-state index in [0.717, 1.165) is 13.2 Å². The zero-order valence-corrected chi connectivity index (χ0v) is 8.97. The molecule has 0 amide bonds. The van der Waals surface area contributed by atoms with Gasteiger partial charge in [0.05, 0.1) is 6.10 Å². The van der Waals surface area contributed by atoms with Gasteiger partial charge >= 0.3 is 0 Å². The van der Waals surface area contributed by atoms with Crippen molar-refractivity contribution in [2.24, 2.45) is 0 Å². The molecule has 0 spiro atoms. The summed E-state index contributed by atoms with van der Waals surface area (Å²) in [6, 6.07) is 1.25. The molecular formula is C10H22N2O. The van der Waals surface area contributed by atoms with Crippen molar-refractivity contribution in [2.45, 2.75) is 44.9 Å². The van der Waals surface area contributed by atoms with Crippen LogP contribution in [0.4, 0.5) is 0 Å². The molecule has 3 heteroatoms. The third-order valence-electron chi connectivity index (χ3n) is 2.70. The third kappa shape index (κ3) is 3.63. The van der Waals surface area contributed by atoms with E-state index in [4.69, 9.17) is 4.74 Å². The maximum Gasteiger partial charge on any atom is 0.0604 e. The van der Waals surface area contributed by atoms with Crippen LogP contribution in [-0.4, -0.2) is 38.4 Å². The number of ether oxygens (including phenoxy) is 1. The summed E-state index contributed by atoms with van der Waals surface area (Å²) in [6.45, 7) is 6.15. The van der Waals surface area contributed by atoms with Crippen LogP contribution >= 0.6 is 0 Å². The maximum atomic E-state index is 5.49. The summed E-state index contributed by atoms with van der Waals surface area (Å²) in [7, 11) is 2.00. The Labute approximate surface area is 81.2 Å². The van der Waals surface area contributed by atoms with E-state index in [9.17, 15) is 0 Å². The Kier molecular flexibility index (Phi) is 4.70. The van der Waals surface area contributed by atoms with E-state index >= 15 is 0 Å². The average Bonchev–Trinajstić information content (AvgIpc) is 2.08. The molecule has 0 aliphatic heterocycles. The number of hydrogen-bond donors (Lipinski definition) is 2. The largest absolute Gasteiger partial charge is 0.378 e. The fourth-order valence-corrected chi connectivity index (χ4v) is 1.55. The number of likely N-dealkylation sites (N-methyl/N-ethyl adjacent to an activating group) is 1. The minimum atomic E-state index is 0.521. The Morgan fingerprint density at radius 2 is 2.15 bits per heavy atom. The molecule has 13 heavy (non-hydrogen) atoms. The molecule has 3 nitrogen and oxygen atoms in total. The molecule has 1 fully saturated rings. The summed E-state index contributed by atoms with van der Waals surface area (Å²) in [5.41, 5.74) is 0. The van der Waals surface area contributed by atoms with Gasteiger partial charge in [-0.2, -0.15) is 0 Å². The van der Waals surface area contributed by atoms with Crippen LogP contribution in [0.5, 0.6) is 0 Å².